The molecule has 0 fully saturated rings. The van der Waals surface area contributed by atoms with Crippen molar-refractivity contribution >= 4 is 16.8 Å². The quantitative estimate of drug-likeness (QED) is 0.916. The van der Waals surface area contributed by atoms with Gasteiger partial charge >= 0.3 is 0 Å². The molecule has 0 unspecified atom stereocenters. The normalized spacial score (nSPS) is 16.8. The van der Waals surface area contributed by atoms with Crippen LogP contribution in [0.25, 0.3) is 0 Å². The number of hydrazone groups is 1. The summed E-state index contributed by atoms with van der Waals surface area (Å²) in [4.78, 5) is 0. The van der Waals surface area contributed by atoms with Crippen molar-refractivity contribution in [1.82, 2.24) is 5.43 Å². The second kappa shape index (κ2) is 6.75. The van der Waals surface area contributed by atoms with Crippen molar-refractivity contribution in [3.63, 3.8) is 0 Å². The van der Waals surface area contributed by atoms with E-state index in [-0.39, 0.29) is 5.37 Å². The maximum absolute atomic E-state index is 5.36. The molecule has 22 heavy (non-hydrogen) atoms. The molecule has 5 heteroatoms. The summed E-state index contributed by atoms with van der Waals surface area (Å²) in [7, 11) is 3.29. The first-order valence-corrected chi connectivity index (χ1v) is 7.92. The van der Waals surface area contributed by atoms with E-state index in [0.717, 1.165) is 28.5 Å². The molecule has 1 atom stereocenters. The number of ether oxygens (including phenoxy) is 2. The van der Waals surface area contributed by atoms with Crippen molar-refractivity contribution in [3.8, 4) is 11.5 Å². The summed E-state index contributed by atoms with van der Waals surface area (Å²) in [5, 5.41) is 5.64. The summed E-state index contributed by atoms with van der Waals surface area (Å²) in [5.41, 5.74) is 5.57. The van der Waals surface area contributed by atoms with Gasteiger partial charge in [-0.3, -0.25) is 5.43 Å². The van der Waals surface area contributed by atoms with Crippen LogP contribution in [0, 0.1) is 0 Å². The minimum absolute atomic E-state index is 0.110. The molecule has 2 aromatic rings. The second-order valence-corrected chi connectivity index (χ2v) is 6.09. The predicted octanol–water partition coefficient (Wildman–Crippen LogP) is 3.60. The molecule has 1 heterocycles. The van der Waals surface area contributed by atoms with Crippen LogP contribution in [-0.4, -0.2) is 19.3 Å². The number of rotatable bonds is 5. The Hall–Kier alpha value is -2.14. The van der Waals surface area contributed by atoms with Crippen LogP contribution in [0.3, 0.4) is 0 Å². The van der Waals surface area contributed by atoms with Gasteiger partial charge in [0, 0.05) is 6.42 Å². The van der Waals surface area contributed by atoms with Crippen LogP contribution >= 0.6 is 11.8 Å². The van der Waals surface area contributed by atoms with Crippen LogP contribution in [-0.2, 0) is 6.42 Å². The lowest BCUT2D eigenvalue weighted by Gasteiger charge is -2.13. The molecule has 0 amide bonds. The lowest BCUT2D eigenvalue weighted by molar-refractivity contribution is 0.354. The highest BCUT2D eigenvalue weighted by Gasteiger charge is 2.22. The van der Waals surface area contributed by atoms with Gasteiger partial charge in [0.25, 0.3) is 0 Å². The highest BCUT2D eigenvalue weighted by molar-refractivity contribution is 8.14. The van der Waals surface area contributed by atoms with E-state index in [1.807, 2.05) is 24.3 Å². The van der Waals surface area contributed by atoms with Crippen LogP contribution in [0.5, 0.6) is 11.5 Å². The fraction of sp³-hybridized carbons (Fsp3) is 0.235. The van der Waals surface area contributed by atoms with E-state index in [0.29, 0.717) is 0 Å². The molecule has 0 saturated heterocycles. The number of methoxy groups -OCH3 is 2. The fourth-order valence-electron chi connectivity index (χ4n) is 2.33. The minimum Gasteiger partial charge on any atom is -0.493 e. The summed E-state index contributed by atoms with van der Waals surface area (Å²) >= 11 is 1.73. The maximum atomic E-state index is 5.36. The molecule has 0 aromatic heterocycles. The van der Waals surface area contributed by atoms with Gasteiger partial charge in [0.2, 0.25) is 0 Å². The molecule has 3 rings (SSSR count). The fourth-order valence-corrected chi connectivity index (χ4v) is 3.35. The molecule has 0 spiro atoms. The van der Waals surface area contributed by atoms with Crippen molar-refractivity contribution in [1.29, 1.82) is 0 Å². The largest absolute Gasteiger partial charge is 0.493 e. The number of benzene rings is 2. The Balaban J connectivity index is 1.69. The van der Waals surface area contributed by atoms with Gasteiger partial charge in [0.1, 0.15) is 5.37 Å². The van der Waals surface area contributed by atoms with Gasteiger partial charge in [-0.25, -0.2) is 0 Å². The monoisotopic (exact) mass is 314 g/mol. The molecule has 1 aliphatic rings. The smallest absolute Gasteiger partial charge is 0.161 e. The topological polar surface area (TPSA) is 42.8 Å². The van der Waals surface area contributed by atoms with Crippen molar-refractivity contribution in [2.45, 2.75) is 11.8 Å². The Morgan fingerprint density at radius 3 is 2.55 bits per heavy atom. The number of hydrogen-bond donors (Lipinski definition) is 1. The summed E-state index contributed by atoms with van der Waals surface area (Å²) in [6.45, 7) is 0. The van der Waals surface area contributed by atoms with Crippen LogP contribution < -0.4 is 14.9 Å². The third-order valence-electron chi connectivity index (χ3n) is 3.47. The number of thioether (sulfide) groups is 1. The zero-order valence-electron chi connectivity index (χ0n) is 12.6. The van der Waals surface area contributed by atoms with Gasteiger partial charge in [0.15, 0.2) is 11.5 Å². The zero-order valence-corrected chi connectivity index (χ0v) is 13.4. The van der Waals surface area contributed by atoms with Gasteiger partial charge in [-0.1, -0.05) is 48.2 Å². The average molecular weight is 314 g/mol. The molecule has 0 saturated carbocycles. The van der Waals surface area contributed by atoms with Gasteiger partial charge < -0.3 is 9.47 Å². The van der Waals surface area contributed by atoms with E-state index in [4.69, 9.17) is 9.47 Å². The van der Waals surface area contributed by atoms with E-state index in [1.54, 1.807) is 26.0 Å². The second-order valence-electron chi connectivity index (χ2n) is 4.91. The Labute approximate surface area is 134 Å². The first kappa shape index (κ1) is 14.8. The lowest BCUT2D eigenvalue weighted by atomic mass is 10.2. The van der Waals surface area contributed by atoms with Gasteiger partial charge in [-0.15, -0.1) is 0 Å². The van der Waals surface area contributed by atoms with Gasteiger partial charge in [-0.2, -0.15) is 5.10 Å². The van der Waals surface area contributed by atoms with E-state index in [9.17, 15) is 0 Å². The van der Waals surface area contributed by atoms with Crippen LogP contribution in [0.1, 0.15) is 16.5 Å². The Kier molecular flexibility index (Phi) is 4.53. The van der Waals surface area contributed by atoms with Crippen molar-refractivity contribution in [2.75, 3.05) is 14.2 Å². The zero-order chi connectivity index (χ0) is 15.4. The van der Waals surface area contributed by atoms with Crippen molar-refractivity contribution in [3.05, 3.63) is 59.7 Å². The molecule has 4 nitrogen and oxygen atoms in total. The maximum Gasteiger partial charge on any atom is 0.161 e. The molecule has 0 aliphatic carbocycles. The Bertz CT molecular complexity index is 674. The molecule has 1 N–H and O–H groups in total. The molecular weight excluding hydrogens is 296 g/mol. The van der Waals surface area contributed by atoms with Crippen LogP contribution in [0.15, 0.2) is 53.6 Å². The summed E-state index contributed by atoms with van der Waals surface area (Å²) in [6.07, 6.45) is 0.850. The average Bonchev–Trinajstić information content (AvgIpc) is 3.03. The third-order valence-corrected chi connectivity index (χ3v) is 4.59. The summed E-state index contributed by atoms with van der Waals surface area (Å²) < 4.78 is 10.6. The van der Waals surface area contributed by atoms with E-state index in [1.165, 1.54) is 5.56 Å². The van der Waals surface area contributed by atoms with Crippen LogP contribution in [0.2, 0.25) is 0 Å². The Morgan fingerprint density at radius 2 is 1.82 bits per heavy atom. The summed E-state index contributed by atoms with van der Waals surface area (Å²) in [6, 6.07) is 16.3. The molecule has 0 bridgehead atoms. The summed E-state index contributed by atoms with van der Waals surface area (Å²) in [5.74, 6) is 1.47. The lowest BCUT2D eigenvalue weighted by Crippen LogP contribution is -2.07. The standard InChI is InChI=1S/C17H18N2O2S/c1-20-14-9-8-13(11-15(14)21-2)17-19-18-16(22-17)10-12-6-4-3-5-7-12/h3-9,11,17,19H,10H2,1-2H3/t17-/m1/s1. The van der Waals surface area contributed by atoms with Crippen LogP contribution in [0.4, 0.5) is 0 Å². The Morgan fingerprint density at radius 1 is 1.05 bits per heavy atom. The van der Waals surface area contributed by atoms with E-state index in [2.05, 4.69) is 34.8 Å². The molecule has 0 radical (unpaired) electrons. The first-order chi connectivity index (χ1) is 10.8. The molecular formula is C17H18N2O2S. The molecule has 114 valence electrons. The van der Waals surface area contributed by atoms with Gasteiger partial charge in [0.05, 0.1) is 19.3 Å². The SMILES string of the molecule is COc1ccc([C@@H]2NN=C(Cc3ccccc3)S2)cc1OC. The number of nitrogens with one attached hydrogen (secondary N) is 1. The molecule has 1 aliphatic heterocycles. The minimum atomic E-state index is 0.110. The van der Waals surface area contributed by atoms with Crippen molar-refractivity contribution < 1.29 is 9.47 Å². The number of nitrogens with zero attached hydrogens (tertiary/aromatic N) is 1. The van der Waals surface area contributed by atoms with E-state index < -0.39 is 0 Å². The highest BCUT2D eigenvalue weighted by Crippen LogP contribution is 2.37. The third kappa shape index (κ3) is 3.20. The van der Waals surface area contributed by atoms with Crippen molar-refractivity contribution in [2.24, 2.45) is 5.10 Å². The number of hydrogen-bond acceptors (Lipinski definition) is 5. The first-order valence-electron chi connectivity index (χ1n) is 7.04. The van der Waals surface area contributed by atoms with Gasteiger partial charge in [-0.05, 0) is 23.3 Å². The molecule has 2 aromatic carbocycles. The predicted molar refractivity (Wildman–Crippen MR) is 90.6 cm³/mol. The highest BCUT2D eigenvalue weighted by atomic mass is 32.2. The van der Waals surface area contributed by atoms with E-state index >= 15 is 0 Å².